The van der Waals surface area contributed by atoms with Crippen molar-refractivity contribution in [3.63, 3.8) is 0 Å². The Morgan fingerprint density at radius 1 is 1.20 bits per heavy atom. The van der Waals surface area contributed by atoms with Crippen molar-refractivity contribution in [1.82, 2.24) is 19.6 Å². The molecule has 2 amide bonds. The van der Waals surface area contributed by atoms with Crippen molar-refractivity contribution in [2.75, 3.05) is 33.4 Å². The molecule has 2 atom stereocenters. The first-order valence-corrected chi connectivity index (χ1v) is 13.7. The summed E-state index contributed by atoms with van der Waals surface area (Å²) in [7, 11) is 1.56. The van der Waals surface area contributed by atoms with Crippen LogP contribution in [-0.2, 0) is 22.3 Å². The fourth-order valence-corrected chi connectivity index (χ4v) is 6.07. The van der Waals surface area contributed by atoms with Gasteiger partial charge in [-0.2, -0.15) is 18.3 Å². The molecule has 2 fully saturated rings. The van der Waals surface area contributed by atoms with Crippen molar-refractivity contribution < 1.29 is 31.9 Å². The highest BCUT2D eigenvalue weighted by atomic mass is 35.5. The van der Waals surface area contributed by atoms with Crippen LogP contribution >= 0.6 is 23.4 Å². The minimum absolute atomic E-state index is 0.00581. The molecule has 2 saturated heterocycles. The fourth-order valence-electron chi connectivity index (χ4n) is 5.05. The zero-order chi connectivity index (χ0) is 28.6. The SMILES string of the molecule is COCCN1C[C@H](F)C[C@H]1CN1C(=O)S/C(=C\c2ccc3c(cnn3Cc3ccc(Cl)cc3C(F)(F)F)c2)C1=O. The van der Waals surface area contributed by atoms with Crippen molar-refractivity contribution >= 4 is 51.5 Å². The summed E-state index contributed by atoms with van der Waals surface area (Å²) < 4.78 is 61.2. The van der Waals surface area contributed by atoms with Crippen LogP contribution in [0.3, 0.4) is 0 Å². The number of thioether (sulfide) groups is 1. The summed E-state index contributed by atoms with van der Waals surface area (Å²) in [4.78, 5) is 29.0. The number of fused-ring (bicyclic) bond motifs is 1. The topological polar surface area (TPSA) is 67.7 Å². The molecule has 2 aliphatic heterocycles. The molecule has 0 N–H and O–H groups in total. The number of benzene rings is 2. The Balaban J connectivity index is 1.33. The van der Waals surface area contributed by atoms with Gasteiger partial charge >= 0.3 is 6.18 Å². The summed E-state index contributed by atoms with van der Waals surface area (Å²) in [6, 6.07) is 8.51. The van der Waals surface area contributed by atoms with Gasteiger partial charge < -0.3 is 4.74 Å². The van der Waals surface area contributed by atoms with Crippen LogP contribution < -0.4 is 0 Å². The van der Waals surface area contributed by atoms with Gasteiger partial charge in [-0.3, -0.25) is 24.1 Å². The van der Waals surface area contributed by atoms with E-state index in [1.807, 2.05) is 4.90 Å². The van der Waals surface area contributed by atoms with E-state index in [0.717, 1.165) is 22.7 Å². The van der Waals surface area contributed by atoms with Gasteiger partial charge in [-0.05, 0) is 59.7 Å². The average molecular weight is 597 g/mol. The van der Waals surface area contributed by atoms with Gasteiger partial charge in [0.25, 0.3) is 11.1 Å². The average Bonchev–Trinajstić information content (AvgIpc) is 3.54. The molecule has 40 heavy (non-hydrogen) atoms. The van der Waals surface area contributed by atoms with Gasteiger partial charge in [-0.1, -0.05) is 23.7 Å². The molecule has 0 bridgehead atoms. The van der Waals surface area contributed by atoms with Gasteiger partial charge in [-0.25, -0.2) is 4.39 Å². The number of alkyl halides is 4. The summed E-state index contributed by atoms with van der Waals surface area (Å²) in [5.41, 5.74) is 0.442. The summed E-state index contributed by atoms with van der Waals surface area (Å²) in [5.74, 6) is -0.442. The second-order valence-electron chi connectivity index (χ2n) is 9.69. The second kappa shape index (κ2) is 11.5. The quantitative estimate of drug-likeness (QED) is 0.240. The highest BCUT2D eigenvalue weighted by molar-refractivity contribution is 8.18. The minimum Gasteiger partial charge on any atom is -0.383 e. The van der Waals surface area contributed by atoms with Gasteiger partial charge in [0.05, 0.1) is 35.3 Å². The van der Waals surface area contributed by atoms with Crippen LogP contribution in [0.2, 0.25) is 5.02 Å². The highest BCUT2D eigenvalue weighted by Gasteiger charge is 2.40. The third-order valence-electron chi connectivity index (χ3n) is 6.99. The number of likely N-dealkylation sites (tertiary alicyclic amines) is 1. The van der Waals surface area contributed by atoms with Crippen molar-refractivity contribution in [1.29, 1.82) is 0 Å². The molecule has 0 unspecified atom stereocenters. The fraction of sp³-hybridized carbons (Fsp3) is 0.370. The molecule has 0 aliphatic carbocycles. The summed E-state index contributed by atoms with van der Waals surface area (Å²) in [6.07, 6.45) is -2.22. The number of methoxy groups -OCH3 is 1. The van der Waals surface area contributed by atoms with Crippen LogP contribution in [0.25, 0.3) is 17.0 Å². The molecule has 0 saturated carbocycles. The summed E-state index contributed by atoms with van der Waals surface area (Å²) in [5, 5.41) is 4.49. The first-order chi connectivity index (χ1) is 19.0. The van der Waals surface area contributed by atoms with E-state index >= 15 is 0 Å². The van der Waals surface area contributed by atoms with E-state index in [9.17, 15) is 27.2 Å². The van der Waals surface area contributed by atoms with Crippen molar-refractivity contribution in [2.45, 2.75) is 31.4 Å². The van der Waals surface area contributed by atoms with Crippen molar-refractivity contribution in [2.24, 2.45) is 0 Å². The number of rotatable bonds is 8. The Labute approximate surface area is 236 Å². The lowest BCUT2D eigenvalue weighted by Crippen LogP contribution is -2.43. The molecule has 5 rings (SSSR count). The minimum atomic E-state index is -4.56. The lowest BCUT2D eigenvalue weighted by molar-refractivity contribution is -0.138. The van der Waals surface area contributed by atoms with Gasteiger partial charge in [0, 0.05) is 43.2 Å². The predicted molar refractivity (Wildman–Crippen MR) is 145 cm³/mol. The van der Waals surface area contributed by atoms with Gasteiger partial charge in [0.1, 0.15) is 6.17 Å². The standard InChI is InChI=1S/C27H25ClF4N4O3S/c1-39-7-6-34-14-20(29)11-21(34)15-35-25(37)24(40-26(35)38)9-16-2-5-23-18(8-16)12-33-36(23)13-17-3-4-19(28)10-22(17)27(30,31)32/h2-5,8-10,12,20-21H,6-7,11,13-15H2,1H3/b24-9-/t20-,21+/m1/s1. The molecule has 2 aromatic carbocycles. The number of hydrogen-bond acceptors (Lipinski definition) is 6. The van der Waals surface area contributed by atoms with E-state index < -0.39 is 29.1 Å². The zero-order valence-corrected chi connectivity index (χ0v) is 22.9. The maximum atomic E-state index is 14.1. The van der Waals surface area contributed by atoms with Crippen LogP contribution in [0.4, 0.5) is 22.4 Å². The van der Waals surface area contributed by atoms with Crippen LogP contribution in [0.5, 0.6) is 0 Å². The first-order valence-electron chi connectivity index (χ1n) is 12.5. The number of nitrogens with zero attached hydrogens (tertiary/aromatic N) is 4. The largest absolute Gasteiger partial charge is 0.416 e. The Morgan fingerprint density at radius 2 is 2.00 bits per heavy atom. The molecule has 1 aromatic heterocycles. The molecule has 13 heteroatoms. The van der Waals surface area contributed by atoms with E-state index in [1.165, 1.54) is 23.0 Å². The van der Waals surface area contributed by atoms with Crippen LogP contribution in [0, 0.1) is 0 Å². The molecule has 3 heterocycles. The number of aromatic nitrogens is 2. The molecule has 0 radical (unpaired) electrons. The molecule has 212 valence electrons. The number of hydrogen-bond donors (Lipinski definition) is 0. The highest BCUT2D eigenvalue weighted by Crippen LogP contribution is 2.36. The van der Waals surface area contributed by atoms with Gasteiger partial charge in [0.15, 0.2) is 0 Å². The Kier molecular flexibility index (Phi) is 8.23. The predicted octanol–water partition coefficient (Wildman–Crippen LogP) is 5.85. The Morgan fingerprint density at radius 3 is 2.75 bits per heavy atom. The zero-order valence-electron chi connectivity index (χ0n) is 21.3. The third-order valence-corrected chi connectivity index (χ3v) is 8.13. The van der Waals surface area contributed by atoms with E-state index in [-0.39, 0.29) is 47.6 Å². The molecular formula is C27H25ClF4N4O3S. The molecular weight excluding hydrogens is 572 g/mol. The smallest absolute Gasteiger partial charge is 0.383 e. The van der Waals surface area contributed by atoms with E-state index in [0.29, 0.717) is 29.6 Å². The number of imide groups is 1. The Bertz CT molecular complexity index is 1480. The van der Waals surface area contributed by atoms with Crippen LogP contribution in [-0.4, -0.2) is 76.3 Å². The summed E-state index contributed by atoms with van der Waals surface area (Å²) >= 11 is 6.61. The van der Waals surface area contributed by atoms with E-state index in [4.69, 9.17) is 16.3 Å². The third kappa shape index (κ3) is 6.04. The van der Waals surface area contributed by atoms with Crippen LogP contribution in [0.15, 0.2) is 47.5 Å². The lowest BCUT2D eigenvalue weighted by Gasteiger charge is -2.26. The van der Waals surface area contributed by atoms with Crippen molar-refractivity contribution in [3.05, 3.63) is 69.2 Å². The van der Waals surface area contributed by atoms with Gasteiger partial charge in [-0.15, -0.1) is 0 Å². The second-order valence-corrected chi connectivity index (χ2v) is 11.1. The number of carbonyl (C=O) groups is 2. The molecule has 2 aliphatic rings. The number of ether oxygens (including phenoxy) is 1. The molecule has 0 spiro atoms. The number of carbonyl (C=O) groups excluding carboxylic acids is 2. The molecule has 7 nitrogen and oxygen atoms in total. The lowest BCUT2D eigenvalue weighted by atomic mass is 10.1. The number of halogens is 5. The van der Waals surface area contributed by atoms with E-state index in [1.54, 1.807) is 31.4 Å². The first kappa shape index (κ1) is 28.6. The van der Waals surface area contributed by atoms with Crippen molar-refractivity contribution in [3.8, 4) is 0 Å². The number of amides is 2. The Hall–Kier alpha value is -2.93. The van der Waals surface area contributed by atoms with Gasteiger partial charge in [0.2, 0.25) is 0 Å². The maximum Gasteiger partial charge on any atom is 0.416 e. The van der Waals surface area contributed by atoms with E-state index in [2.05, 4.69) is 5.10 Å². The van der Waals surface area contributed by atoms with Crippen LogP contribution in [0.1, 0.15) is 23.1 Å². The maximum absolute atomic E-state index is 14.1. The molecule has 3 aromatic rings. The monoisotopic (exact) mass is 596 g/mol. The summed E-state index contributed by atoms with van der Waals surface area (Å²) in [6.45, 7) is 1.16. The normalized spacial score (nSPS) is 21.4.